The Balaban J connectivity index is 1.60. The molecule has 9 heteroatoms. The van der Waals surface area contributed by atoms with E-state index in [1.165, 1.54) is 0 Å². The zero-order chi connectivity index (χ0) is 15.2. The van der Waals surface area contributed by atoms with Crippen LogP contribution in [-0.2, 0) is 33.6 Å². The monoisotopic (exact) mass is 300 g/mol. The summed E-state index contributed by atoms with van der Waals surface area (Å²) in [6.07, 6.45) is 1.99. The summed E-state index contributed by atoms with van der Waals surface area (Å²) in [6.45, 7) is -0.229. The summed E-state index contributed by atoms with van der Waals surface area (Å²) >= 11 is 0. The van der Waals surface area contributed by atoms with E-state index in [1.807, 2.05) is 0 Å². The maximum Gasteiger partial charge on any atom is 0.357 e. The molecule has 2 heterocycles. The quantitative estimate of drug-likeness (QED) is 0.630. The van der Waals surface area contributed by atoms with Gasteiger partial charge in [0.1, 0.15) is 13.2 Å². The topological polar surface area (TPSA) is 102 Å². The highest BCUT2D eigenvalue weighted by Gasteiger charge is 2.25. The van der Waals surface area contributed by atoms with Gasteiger partial charge in [-0.25, -0.2) is 9.59 Å². The molecule has 0 radical (unpaired) electrons. The summed E-state index contributed by atoms with van der Waals surface area (Å²) in [5.41, 5.74) is 0. The largest absolute Gasteiger partial charge is 0.358 e. The van der Waals surface area contributed by atoms with Crippen LogP contribution >= 0.6 is 0 Å². The maximum atomic E-state index is 11.4. The lowest BCUT2D eigenvalue weighted by molar-refractivity contribution is -0.202. The number of hydrogen-bond acceptors (Lipinski definition) is 7. The van der Waals surface area contributed by atoms with Gasteiger partial charge in [0.25, 0.3) is 11.8 Å². The van der Waals surface area contributed by atoms with Gasteiger partial charge in [-0.3, -0.25) is 9.59 Å². The van der Waals surface area contributed by atoms with Gasteiger partial charge in [-0.2, -0.15) is 10.1 Å². The average molecular weight is 300 g/mol. The molecule has 0 atom stereocenters. The first-order valence-corrected chi connectivity index (χ1v) is 6.66. The first-order valence-electron chi connectivity index (χ1n) is 6.66. The van der Waals surface area contributed by atoms with Crippen molar-refractivity contribution >= 4 is 23.8 Å². The summed E-state index contributed by atoms with van der Waals surface area (Å²) in [6, 6.07) is 0. The Hall–Kier alpha value is -2.16. The van der Waals surface area contributed by atoms with E-state index in [0.717, 1.165) is 10.1 Å². The number of ether oxygens (including phenoxy) is 1. The first kappa shape index (κ1) is 15.2. The fourth-order valence-corrected chi connectivity index (χ4v) is 1.96. The van der Waals surface area contributed by atoms with Gasteiger partial charge in [0.15, 0.2) is 0 Å². The second-order valence-electron chi connectivity index (χ2n) is 4.62. The molecule has 2 fully saturated rings. The molecule has 0 unspecified atom stereocenters. The predicted octanol–water partition coefficient (Wildman–Crippen LogP) is -0.836. The predicted molar refractivity (Wildman–Crippen MR) is 64.9 cm³/mol. The molecule has 0 bridgehead atoms. The van der Waals surface area contributed by atoms with Gasteiger partial charge >= 0.3 is 11.9 Å². The van der Waals surface area contributed by atoms with E-state index in [2.05, 4.69) is 0 Å². The lowest BCUT2D eigenvalue weighted by atomic mass is 10.4. The number of rotatable bonds is 6. The van der Waals surface area contributed by atoms with Crippen molar-refractivity contribution in [1.29, 1.82) is 0 Å². The molecule has 0 aromatic heterocycles. The maximum absolute atomic E-state index is 11.4. The highest BCUT2D eigenvalue weighted by Crippen LogP contribution is 2.11. The van der Waals surface area contributed by atoms with E-state index < -0.39 is 25.2 Å². The Bertz CT molecular complexity index is 411. The number of nitrogens with zero attached hydrogens (tertiary/aromatic N) is 2. The lowest BCUT2D eigenvalue weighted by Crippen LogP contribution is -2.32. The standard InChI is InChI=1S/C12H16N2O7/c15-9-3-1-5-13(9)20-11(17)7-19-8-12(18)21-14-6-2-4-10(14)16/h1-8H2. The molecule has 0 aliphatic carbocycles. The minimum Gasteiger partial charge on any atom is -0.358 e. The van der Waals surface area contributed by atoms with Crippen molar-refractivity contribution in [1.82, 2.24) is 10.1 Å². The third kappa shape index (κ3) is 4.42. The van der Waals surface area contributed by atoms with Crippen LogP contribution in [0.4, 0.5) is 0 Å². The molecule has 0 aromatic rings. The van der Waals surface area contributed by atoms with Gasteiger partial charge in [0.05, 0.1) is 13.1 Å². The van der Waals surface area contributed by atoms with Gasteiger partial charge in [-0.1, -0.05) is 0 Å². The molecule has 2 amide bonds. The molecule has 0 N–H and O–H groups in total. The van der Waals surface area contributed by atoms with Gasteiger partial charge < -0.3 is 14.4 Å². The summed E-state index contributed by atoms with van der Waals surface area (Å²) in [4.78, 5) is 54.7. The second-order valence-corrected chi connectivity index (χ2v) is 4.62. The smallest absolute Gasteiger partial charge is 0.357 e. The Labute approximate surface area is 120 Å². The van der Waals surface area contributed by atoms with Crippen LogP contribution in [-0.4, -0.2) is 60.2 Å². The highest BCUT2D eigenvalue weighted by atomic mass is 16.7. The normalized spacial score (nSPS) is 18.3. The van der Waals surface area contributed by atoms with E-state index in [1.54, 1.807) is 0 Å². The van der Waals surface area contributed by atoms with Crippen LogP contribution in [0.15, 0.2) is 0 Å². The van der Waals surface area contributed by atoms with E-state index in [9.17, 15) is 19.2 Å². The fourth-order valence-electron chi connectivity index (χ4n) is 1.96. The van der Waals surface area contributed by atoms with Gasteiger partial charge in [0, 0.05) is 12.8 Å². The highest BCUT2D eigenvalue weighted by molar-refractivity contribution is 5.81. The Kier molecular flexibility index (Phi) is 5.09. The second kappa shape index (κ2) is 7.02. The Morgan fingerprint density at radius 1 is 0.857 bits per heavy atom. The number of carbonyl (C=O) groups is 4. The van der Waals surface area contributed by atoms with Crippen molar-refractivity contribution in [3.05, 3.63) is 0 Å². The molecule has 0 saturated carbocycles. The van der Waals surface area contributed by atoms with Crippen LogP contribution in [0.2, 0.25) is 0 Å². The van der Waals surface area contributed by atoms with E-state index in [0.29, 0.717) is 38.8 Å². The minimum atomic E-state index is -0.768. The molecular formula is C12H16N2O7. The Morgan fingerprint density at radius 3 is 1.62 bits per heavy atom. The van der Waals surface area contributed by atoms with Crippen molar-refractivity contribution < 1.29 is 33.6 Å². The van der Waals surface area contributed by atoms with Crippen molar-refractivity contribution in [3.63, 3.8) is 0 Å². The minimum absolute atomic E-state index is 0.254. The summed E-state index contributed by atoms with van der Waals surface area (Å²) in [7, 11) is 0. The molecule has 116 valence electrons. The van der Waals surface area contributed by atoms with Crippen LogP contribution in [0, 0.1) is 0 Å². The lowest BCUT2D eigenvalue weighted by Gasteiger charge is -2.15. The SMILES string of the molecule is O=C(COCC(=O)ON1CCCC1=O)ON1CCCC1=O. The number of hydroxylamine groups is 4. The molecular weight excluding hydrogens is 284 g/mol. The molecule has 0 aromatic carbocycles. The van der Waals surface area contributed by atoms with Gasteiger partial charge in [-0.15, -0.1) is 0 Å². The zero-order valence-electron chi connectivity index (χ0n) is 11.4. The first-order chi connectivity index (χ1) is 10.1. The molecule has 2 aliphatic heterocycles. The molecule has 21 heavy (non-hydrogen) atoms. The van der Waals surface area contributed by atoms with Crippen molar-refractivity contribution in [2.24, 2.45) is 0 Å². The van der Waals surface area contributed by atoms with E-state index in [-0.39, 0.29) is 11.8 Å². The van der Waals surface area contributed by atoms with Gasteiger partial charge in [-0.05, 0) is 12.8 Å². The van der Waals surface area contributed by atoms with Crippen LogP contribution in [0.25, 0.3) is 0 Å². The fraction of sp³-hybridized carbons (Fsp3) is 0.667. The number of hydrogen-bond donors (Lipinski definition) is 0. The molecule has 2 aliphatic rings. The van der Waals surface area contributed by atoms with Crippen molar-refractivity contribution in [2.75, 3.05) is 26.3 Å². The summed E-state index contributed by atoms with van der Waals surface area (Å²) < 4.78 is 4.82. The van der Waals surface area contributed by atoms with Crippen molar-refractivity contribution in [3.8, 4) is 0 Å². The third-order valence-corrected chi connectivity index (χ3v) is 2.92. The third-order valence-electron chi connectivity index (χ3n) is 2.92. The van der Waals surface area contributed by atoms with Crippen molar-refractivity contribution in [2.45, 2.75) is 25.7 Å². The zero-order valence-corrected chi connectivity index (χ0v) is 11.4. The average Bonchev–Trinajstić information content (AvgIpc) is 3.00. The molecule has 2 rings (SSSR count). The van der Waals surface area contributed by atoms with E-state index >= 15 is 0 Å². The molecule has 9 nitrogen and oxygen atoms in total. The Morgan fingerprint density at radius 2 is 1.29 bits per heavy atom. The summed E-state index contributed by atoms with van der Waals surface area (Å²) in [5, 5.41) is 1.96. The van der Waals surface area contributed by atoms with Crippen LogP contribution < -0.4 is 0 Å². The van der Waals surface area contributed by atoms with Crippen LogP contribution in [0.5, 0.6) is 0 Å². The number of carbonyl (C=O) groups excluding carboxylic acids is 4. The molecule has 0 spiro atoms. The van der Waals surface area contributed by atoms with Crippen LogP contribution in [0.1, 0.15) is 25.7 Å². The molecule has 2 saturated heterocycles. The van der Waals surface area contributed by atoms with Crippen LogP contribution in [0.3, 0.4) is 0 Å². The summed E-state index contributed by atoms with van der Waals surface area (Å²) in [5.74, 6) is -2.05. The van der Waals surface area contributed by atoms with E-state index in [4.69, 9.17) is 14.4 Å². The van der Waals surface area contributed by atoms with Gasteiger partial charge in [0.2, 0.25) is 0 Å². The number of amides is 2.